The maximum Gasteiger partial charge on any atom is 2.00 e. The minimum absolute atomic E-state index is 0. The topological polar surface area (TPSA) is 80.3 Å². The summed E-state index contributed by atoms with van der Waals surface area (Å²) in [6, 6.07) is 0. The van der Waals surface area contributed by atoms with Crippen LogP contribution in [0.3, 0.4) is 0 Å². The maximum atomic E-state index is 9.91. The van der Waals surface area contributed by atoms with Crippen molar-refractivity contribution in [2.45, 2.75) is 52.4 Å². The molecule has 4 nitrogen and oxygen atoms in total. The van der Waals surface area contributed by atoms with Gasteiger partial charge in [0.2, 0.25) is 0 Å². The quantitative estimate of drug-likeness (QED) is 0.391. The zero-order chi connectivity index (χ0) is 12.8. The van der Waals surface area contributed by atoms with Gasteiger partial charge in [-0.25, -0.2) is 0 Å². The zero-order valence-electron chi connectivity index (χ0n) is 10.9. The van der Waals surface area contributed by atoms with E-state index in [4.69, 9.17) is 0 Å². The predicted octanol–water partition coefficient (Wildman–Crippen LogP) is 2.18. The third-order valence-electron chi connectivity index (χ3n) is 1.89. The van der Waals surface area contributed by atoms with Crippen molar-refractivity contribution < 1.29 is 18.9 Å². The molecule has 0 bridgehead atoms. The molecule has 17 heavy (non-hydrogen) atoms. The predicted molar refractivity (Wildman–Crippen MR) is 69.8 cm³/mol. The molecule has 0 rings (SSSR count). The van der Waals surface area contributed by atoms with Gasteiger partial charge in [0, 0.05) is 0 Å². The summed E-state index contributed by atoms with van der Waals surface area (Å²) in [7, 11) is -4.22. The standard InChI is InChI=1S/2C5H11O2P.Ca/c2*1-2-3-4-5-8(6)7;/h2*2-5H2,1H3;/q;;+2. The van der Waals surface area contributed by atoms with Gasteiger partial charge in [0.1, 0.15) is 12.3 Å². The average molecular weight is 308 g/mol. The van der Waals surface area contributed by atoms with E-state index in [-0.39, 0.29) is 37.7 Å². The second-order valence-corrected chi connectivity index (χ2v) is 5.75. The molecule has 0 aromatic carbocycles. The zero-order valence-corrected chi connectivity index (χ0v) is 14.9. The van der Waals surface area contributed by atoms with Crippen molar-refractivity contribution in [3.8, 4) is 0 Å². The Balaban J connectivity index is -0.000000218. The molecular weight excluding hydrogens is 286 g/mol. The number of hydrogen-bond acceptors (Lipinski definition) is 4. The summed E-state index contributed by atoms with van der Waals surface area (Å²) in [6.07, 6.45) is 6.62. The van der Waals surface area contributed by atoms with Crippen LogP contribution in [0, 0.1) is 0 Å². The van der Waals surface area contributed by atoms with Gasteiger partial charge in [-0.2, -0.15) is 0 Å². The van der Waals surface area contributed by atoms with Crippen molar-refractivity contribution in [3.05, 3.63) is 0 Å². The van der Waals surface area contributed by atoms with Crippen LogP contribution in [0.25, 0.3) is 0 Å². The third-order valence-corrected chi connectivity index (χ3v) is 3.25. The van der Waals surface area contributed by atoms with Gasteiger partial charge in [-0.05, 0) is 25.7 Å². The Kier molecular flexibility index (Phi) is 27.2. The Morgan fingerprint density at radius 2 is 1.06 bits per heavy atom. The van der Waals surface area contributed by atoms with E-state index in [1.807, 2.05) is 0 Å². The summed E-state index contributed by atoms with van der Waals surface area (Å²) >= 11 is 0. The normalized spacial score (nSPS) is 10.8. The first-order valence-corrected chi connectivity index (χ1v) is 8.50. The van der Waals surface area contributed by atoms with Gasteiger partial charge in [-0.1, -0.05) is 35.8 Å². The first-order chi connectivity index (χ1) is 7.54. The summed E-state index contributed by atoms with van der Waals surface area (Å²) < 4.78 is 19.8. The molecule has 0 aromatic heterocycles. The summed E-state index contributed by atoms with van der Waals surface area (Å²) in [6.45, 7) is 4.11. The van der Waals surface area contributed by atoms with Crippen LogP contribution in [-0.4, -0.2) is 50.1 Å². The minimum atomic E-state index is -2.11. The molecule has 0 aliphatic rings. The van der Waals surface area contributed by atoms with Crippen molar-refractivity contribution in [1.29, 1.82) is 0 Å². The van der Waals surface area contributed by atoms with Gasteiger partial charge in [0.25, 0.3) is 0 Å². The Labute approximate surface area is 136 Å². The number of unbranched alkanes of at least 4 members (excludes halogenated alkanes) is 4. The van der Waals surface area contributed by atoms with Crippen molar-refractivity contribution in [2.24, 2.45) is 0 Å². The molecule has 2 atom stereocenters. The van der Waals surface area contributed by atoms with E-state index < -0.39 is 16.1 Å². The number of rotatable bonds is 8. The molecule has 96 valence electrons. The Morgan fingerprint density at radius 3 is 1.24 bits per heavy atom. The van der Waals surface area contributed by atoms with Gasteiger partial charge in [0.15, 0.2) is 0 Å². The summed E-state index contributed by atoms with van der Waals surface area (Å²) in [5, 5.41) is 0. The van der Waals surface area contributed by atoms with Crippen LogP contribution in [0.5, 0.6) is 0 Å². The fraction of sp³-hybridized carbons (Fsp3) is 1.00. The fourth-order valence-electron chi connectivity index (χ4n) is 0.982. The SMILES string of the molecule is CCCCC[P+](=O)[O-].CCCCC[P+](=O)[O-].[Ca+2]. The molecule has 0 saturated heterocycles. The van der Waals surface area contributed by atoms with E-state index in [1.165, 1.54) is 0 Å². The Hall–Kier alpha value is 1.38. The molecule has 0 heterocycles. The molecular formula is C10H22CaO4P2+2. The average Bonchev–Trinajstić information content (AvgIpc) is 2.18. The van der Waals surface area contributed by atoms with Crippen LogP contribution in [0.2, 0.25) is 0 Å². The molecule has 0 spiro atoms. The van der Waals surface area contributed by atoms with Gasteiger partial charge >= 0.3 is 53.8 Å². The first-order valence-electron chi connectivity index (χ1n) is 5.78. The van der Waals surface area contributed by atoms with Crippen LogP contribution in [-0.2, 0) is 9.13 Å². The molecule has 0 amide bonds. The third kappa shape index (κ3) is 31.7. The van der Waals surface area contributed by atoms with Crippen LogP contribution in [0.1, 0.15) is 52.4 Å². The van der Waals surface area contributed by atoms with E-state index in [0.29, 0.717) is 12.3 Å². The van der Waals surface area contributed by atoms with Gasteiger partial charge in [0.05, 0.1) is 0 Å². The summed E-state index contributed by atoms with van der Waals surface area (Å²) in [4.78, 5) is 19.8. The summed E-state index contributed by atoms with van der Waals surface area (Å²) in [5.74, 6) is 0. The van der Waals surface area contributed by atoms with Crippen molar-refractivity contribution >= 4 is 53.8 Å². The summed E-state index contributed by atoms with van der Waals surface area (Å²) in [5.41, 5.74) is 0. The molecule has 7 heteroatoms. The fourth-order valence-corrected chi connectivity index (χ4v) is 1.95. The molecule has 0 fully saturated rings. The van der Waals surface area contributed by atoms with Gasteiger partial charge in [-0.3, -0.25) is 0 Å². The van der Waals surface area contributed by atoms with Crippen LogP contribution in [0.15, 0.2) is 0 Å². The molecule has 0 aliphatic heterocycles. The van der Waals surface area contributed by atoms with Gasteiger partial charge < -0.3 is 9.79 Å². The molecule has 0 N–H and O–H groups in total. The second kappa shape index (κ2) is 19.7. The first kappa shape index (κ1) is 23.5. The molecule has 0 aromatic rings. The van der Waals surface area contributed by atoms with Crippen LogP contribution in [0.4, 0.5) is 0 Å². The van der Waals surface area contributed by atoms with Crippen LogP contribution >= 0.6 is 16.1 Å². The maximum absolute atomic E-state index is 9.91. The number of hydrogen-bond donors (Lipinski definition) is 0. The molecule has 0 radical (unpaired) electrons. The van der Waals surface area contributed by atoms with Crippen molar-refractivity contribution in [2.75, 3.05) is 12.3 Å². The monoisotopic (exact) mass is 308 g/mol. The Bertz CT molecular complexity index is 171. The van der Waals surface area contributed by atoms with E-state index in [1.54, 1.807) is 0 Å². The second-order valence-electron chi connectivity index (χ2n) is 3.53. The smallest absolute Gasteiger partial charge is 0.596 e. The minimum Gasteiger partial charge on any atom is -0.596 e. The molecule has 2 unspecified atom stereocenters. The van der Waals surface area contributed by atoms with E-state index in [0.717, 1.165) is 38.5 Å². The largest absolute Gasteiger partial charge is 2.00 e. The van der Waals surface area contributed by atoms with E-state index >= 15 is 0 Å². The van der Waals surface area contributed by atoms with Crippen LogP contribution < -0.4 is 9.79 Å². The van der Waals surface area contributed by atoms with E-state index in [9.17, 15) is 18.9 Å². The molecule has 0 aliphatic carbocycles. The van der Waals surface area contributed by atoms with E-state index in [2.05, 4.69) is 13.8 Å². The van der Waals surface area contributed by atoms with Crippen molar-refractivity contribution in [3.63, 3.8) is 0 Å². The molecule has 0 saturated carbocycles. The Morgan fingerprint density at radius 1 is 0.765 bits per heavy atom. The van der Waals surface area contributed by atoms with Gasteiger partial charge in [-0.15, -0.1) is 0 Å². The van der Waals surface area contributed by atoms with Crippen molar-refractivity contribution in [1.82, 2.24) is 0 Å².